The first kappa shape index (κ1) is 15.2. The van der Waals surface area contributed by atoms with E-state index in [-0.39, 0.29) is 57.3 Å². The van der Waals surface area contributed by atoms with Crippen molar-refractivity contribution < 1.29 is 69.1 Å². The first-order chi connectivity index (χ1) is 7.23. The average Bonchev–Trinajstić information content (AvgIpc) is 2.37. The van der Waals surface area contributed by atoms with Gasteiger partial charge in [0, 0.05) is 5.69 Å². The first-order valence-corrected chi connectivity index (χ1v) is 4.89. The van der Waals surface area contributed by atoms with Crippen molar-refractivity contribution in [2.75, 3.05) is 5.32 Å². The van der Waals surface area contributed by atoms with Gasteiger partial charge in [-0.1, -0.05) is 12.1 Å². The molecule has 86 valence electrons. The molecule has 0 aromatic heterocycles. The molecule has 0 unspecified atom stereocenters. The number of benzene rings is 1. The molecule has 0 fully saturated rings. The van der Waals surface area contributed by atoms with E-state index in [0.29, 0.717) is 11.3 Å². The summed E-state index contributed by atoms with van der Waals surface area (Å²) in [5.41, 5.74) is -0.677. The van der Waals surface area contributed by atoms with Gasteiger partial charge in [0.1, 0.15) is 0 Å². The molecule has 1 aliphatic rings. The fraction of sp³-hybridized carbons (Fsp3) is 0.300. The van der Waals surface area contributed by atoms with Crippen LogP contribution in [-0.4, -0.2) is 12.9 Å². The van der Waals surface area contributed by atoms with Crippen molar-refractivity contribution in [3.8, 4) is 0 Å². The molecule has 1 aromatic carbocycles. The quantitative estimate of drug-likeness (QED) is 0.648. The number of amides is 1. The van der Waals surface area contributed by atoms with Crippen molar-refractivity contribution in [2.45, 2.75) is 19.3 Å². The van der Waals surface area contributed by atoms with Gasteiger partial charge < -0.3 is 18.3 Å². The Hall–Kier alpha value is 0.181. The van der Waals surface area contributed by atoms with Gasteiger partial charge in [-0.2, -0.15) is 0 Å². The maximum absolute atomic E-state index is 12.6. The number of hydrogen-bond acceptors (Lipinski definition) is 1. The number of rotatable bonds is 1. The molecular formula is C10H10BF3KNO. The van der Waals surface area contributed by atoms with Crippen LogP contribution in [0.25, 0.3) is 0 Å². The maximum Gasteiger partial charge on any atom is 1.00 e. The summed E-state index contributed by atoms with van der Waals surface area (Å²) in [6, 6.07) is 3.38. The third-order valence-corrected chi connectivity index (χ3v) is 2.91. The zero-order valence-corrected chi connectivity index (χ0v) is 13.0. The van der Waals surface area contributed by atoms with Crippen molar-refractivity contribution in [3.05, 3.63) is 23.8 Å². The maximum atomic E-state index is 12.6. The second-order valence-corrected chi connectivity index (χ2v) is 4.46. The molecular weight excluding hydrogens is 257 g/mol. The van der Waals surface area contributed by atoms with Crippen LogP contribution in [0.3, 0.4) is 0 Å². The van der Waals surface area contributed by atoms with Crippen molar-refractivity contribution in [2.24, 2.45) is 0 Å². The largest absolute Gasteiger partial charge is 1.00 e. The summed E-state index contributed by atoms with van der Waals surface area (Å²) < 4.78 is 37.7. The molecule has 0 bridgehead atoms. The standard InChI is InChI=1S/C10H10BF3NO.K/c1-10(2)7-5-6(11(12,13)14)3-4-8(7)15-9(10)16;/h3-5H,1-2H3,(H,15,16);/q-1;+1. The summed E-state index contributed by atoms with van der Waals surface area (Å²) in [5, 5.41) is 2.57. The topological polar surface area (TPSA) is 29.1 Å². The number of fused-ring (bicyclic) bond motifs is 1. The van der Waals surface area contributed by atoms with Gasteiger partial charge in [0.15, 0.2) is 0 Å². The number of anilines is 1. The predicted molar refractivity (Wildman–Crippen MR) is 56.8 cm³/mol. The van der Waals surface area contributed by atoms with E-state index in [0.717, 1.165) is 12.1 Å². The van der Waals surface area contributed by atoms with E-state index < -0.39 is 17.9 Å². The van der Waals surface area contributed by atoms with Crippen LogP contribution >= 0.6 is 0 Å². The van der Waals surface area contributed by atoms with E-state index >= 15 is 0 Å². The van der Waals surface area contributed by atoms with E-state index in [9.17, 15) is 17.7 Å². The monoisotopic (exact) mass is 267 g/mol. The van der Waals surface area contributed by atoms with E-state index in [2.05, 4.69) is 5.32 Å². The molecule has 2 rings (SSSR count). The van der Waals surface area contributed by atoms with Gasteiger partial charge in [0.05, 0.1) is 5.41 Å². The SMILES string of the molecule is CC1(C)C(=O)Nc2ccc([B-](F)(F)F)cc21.[K+]. The molecule has 1 aromatic rings. The molecule has 0 saturated carbocycles. The van der Waals surface area contributed by atoms with Gasteiger partial charge in [0.25, 0.3) is 0 Å². The molecule has 0 spiro atoms. The van der Waals surface area contributed by atoms with E-state index in [1.807, 2.05) is 0 Å². The molecule has 17 heavy (non-hydrogen) atoms. The summed E-state index contributed by atoms with van der Waals surface area (Å²) in [5.74, 6) is -0.269. The minimum atomic E-state index is -5.02. The summed E-state index contributed by atoms with van der Waals surface area (Å²) >= 11 is 0. The molecule has 0 radical (unpaired) electrons. The van der Waals surface area contributed by atoms with Gasteiger partial charge in [-0.15, -0.1) is 5.46 Å². The van der Waals surface area contributed by atoms with Crippen molar-refractivity contribution in [1.29, 1.82) is 0 Å². The zero-order chi connectivity index (χ0) is 12.1. The van der Waals surface area contributed by atoms with E-state index in [4.69, 9.17) is 0 Å². The Balaban J connectivity index is 0.00000144. The Morgan fingerprint density at radius 1 is 1.24 bits per heavy atom. The fourth-order valence-corrected chi connectivity index (χ4v) is 1.79. The Bertz CT molecular complexity index is 473. The van der Waals surface area contributed by atoms with Crippen molar-refractivity contribution >= 4 is 24.0 Å². The number of carbonyl (C=O) groups is 1. The van der Waals surface area contributed by atoms with Crippen LogP contribution in [0.2, 0.25) is 0 Å². The smallest absolute Gasteiger partial charge is 0.445 e. The molecule has 0 aliphatic carbocycles. The van der Waals surface area contributed by atoms with Crippen LogP contribution in [0, 0.1) is 0 Å². The number of carbonyl (C=O) groups excluding carboxylic acids is 1. The molecule has 1 amide bonds. The summed E-state index contributed by atoms with van der Waals surface area (Å²) in [6.45, 7) is -1.79. The summed E-state index contributed by atoms with van der Waals surface area (Å²) in [7, 11) is 0. The van der Waals surface area contributed by atoms with Gasteiger partial charge in [-0.25, -0.2) is 0 Å². The van der Waals surface area contributed by atoms with Crippen LogP contribution in [0.5, 0.6) is 0 Å². The van der Waals surface area contributed by atoms with Gasteiger partial charge in [-0.3, -0.25) is 4.79 Å². The first-order valence-electron chi connectivity index (χ1n) is 4.89. The van der Waals surface area contributed by atoms with Crippen LogP contribution in [0.4, 0.5) is 18.6 Å². The van der Waals surface area contributed by atoms with Gasteiger partial charge in [0.2, 0.25) is 5.91 Å². The van der Waals surface area contributed by atoms with E-state index in [1.165, 1.54) is 6.07 Å². The van der Waals surface area contributed by atoms with Crippen LogP contribution in [0.1, 0.15) is 19.4 Å². The molecule has 1 N–H and O–H groups in total. The second-order valence-electron chi connectivity index (χ2n) is 4.46. The minimum Gasteiger partial charge on any atom is -0.445 e. The van der Waals surface area contributed by atoms with Crippen molar-refractivity contribution in [3.63, 3.8) is 0 Å². The Morgan fingerprint density at radius 2 is 1.82 bits per heavy atom. The Kier molecular flexibility index (Phi) is 4.21. The number of halogens is 3. The summed E-state index contributed by atoms with van der Waals surface area (Å²) in [4.78, 5) is 11.5. The minimum absolute atomic E-state index is 0. The molecule has 7 heteroatoms. The average molecular weight is 267 g/mol. The van der Waals surface area contributed by atoms with Gasteiger partial charge >= 0.3 is 58.4 Å². The third kappa shape index (κ3) is 2.63. The molecule has 0 saturated heterocycles. The number of nitrogens with one attached hydrogen (secondary N) is 1. The second kappa shape index (κ2) is 4.70. The van der Waals surface area contributed by atoms with Gasteiger partial charge in [-0.05, 0) is 25.5 Å². The van der Waals surface area contributed by atoms with E-state index in [1.54, 1.807) is 13.8 Å². The molecule has 0 atom stereocenters. The Morgan fingerprint density at radius 3 is 2.35 bits per heavy atom. The normalized spacial score (nSPS) is 17.1. The Labute approximate surface area is 140 Å². The molecule has 1 aliphatic heterocycles. The van der Waals surface area contributed by atoms with Crippen LogP contribution < -0.4 is 62.2 Å². The zero-order valence-electron chi connectivity index (χ0n) is 9.85. The fourth-order valence-electron chi connectivity index (χ4n) is 1.79. The van der Waals surface area contributed by atoms with Crippen molar-refractivity contribution in [1.82, 2.24) is 0 Å². The predicted octanol–water partition coefficient (Wildman–Crippen LogP) is -1.03. The van der Waals surface area contributed by atoms with Crippen LogP contribution in [0.15, 0.2) is 18.2 Å². The third-order valence-electron chi connectivity index (χ3n) is 2.91. The summed E-state index contributed by atoms with van der Waals surface area (Å²) in [6.07, 6.45) is 0. The van der Waals surface area contributed by atoms with Crippen LogP contribution in [-0.2, 0) is 10.2 Å². The molecule has 1 heterocycles. The number of hydrogen-bond donors (Lipinski definition) is 1. The molecule has 2 nitrogen and oxygen atoms in total.